The molecule has 19 heavy (non-hydrogen) atoms. The molecule has 0 amide bonds. The van der Waals surface area contributed by atoms with E-state index >= 15 is 0 Å². The predicted molar refractivity (Wildman–Crippen MR) is 71.0 cm³/mol. The zero-order chi connectivity index (χ0) is 12.9. The summed E-state index contributed by atoms with van der Waals surface area (Å²) in [5, 5.41) is 17.9. The lowest BCUT2D eigenvalue weighted by atomic mass is 9.46. The van der Waals surface area contributed by atoms with Crippen molar-refractivity contribution in [2.45, 2.75) is 44.4 Å². The molecule has 3 heteroatoms. The highest BCUT2D eigenvalue weighted by atomic mass is 15.1. The Labute approximate surface area is 114 Å². The minimum atomic E-state index is -0.0467. The van der Waals surface area contributed by atoms with E-state index in [9.17, 15) is 5.26 Å². The van der Waals surface area contributed by atoms with Gasteiger partial charge in [0.25, 0.3) is 0 Å². The normalized spacial score (nSPS) is 40.9. The molecule has 4 aliphatic carbocycles. The molecule has 4 fully saturated rings. The van der Waals surface area contributed by atoms with Gasteiger partial charge in [-0.15, -0.1) is 0 Å². The molecule has 1 aromatic heterocycles. The van der Waals surface area contributed by atoms with E-state index in [0.717, 1.165) is 23.4 Å². The third-order valence-corrected chi connectivity index (χ3v) is 5.72. The van der Waals surface area contributed by atoms with Crippen molar-refractivity contribution < 1.29 is 0 Å². The van der Waals surface area contributed by atoms with E-state index in [1.54, 1.807) is 6.20 Å². The van der Waals surface area contributed by atoms with E-state index in [-0.39, 0.29) is 11.3 Å². The zero-order valence-electron chi connectivity index (χ0n) is 11.1. The zero-order valence-corrected chi connectivity index (χ0v) is 11.1. The van der Waals surface area contributed by atoms with Crippen LogP contribution >= 0.6 is 0 Å². The molecule has 3 nitrogen and oxygen atoms in total. The number of hydrogen-bond acceptors (Lipinski definition) is 3. The minimum Gasteiger partial charge on any atom is -0.198 e. The minimum absolute atomic E-state index is 0.0467. The first-order chi connectivity index (χ1) is 9.29. The average Bonchev–Trinajstić information content (AvgIpc) is 2.38. The molecule has 0 saturated heterocycles. The fraction of sp³-hybridized carbons (Fsp3) is 0.688. The fourth-order valence-electron chi connectivity index (χ4n) is 5.52. The molecule has 0 aliphatic heterocycles. The van der Waals surface area contributed by atoms with Gasteiger partial charge in [0.1, 0.15) is 0 Å². The van der Waals surface area contributed by atoms with Gasteiger partial charge in [-0.2, -0.15) is 15.5 Å². The van der Waals surface area contributed by atoms with E-state index in [1.165, 1.54) is 38.5 Å². The van der Waals surface area contributed by atoms with E-state index in [2.05, 4.69) is 16.3 Å². The lowest BCUT2D eigenvalue weighted by molar-refractivity contribution is -0.0601. The van der Waals surface area contributed by atoms with Gasteiger partial charge in [-0.3, -0.25) is 0 Å². The van der Waals surface area contributed by atoms with Crippen LogP contribution in [0.3, 0.4) is 0 Å². The molecule has 4 saturated carbocycles. The summed E-state index contributed by atoms with van der Waals surface area (Å²) in [6.45, 7) is 0. The second kappa shape index (κ2) is 4.03. The van der Waals surface area contributed by atoms with Crippen LogP contribution in [0.25, 0.3) is 0 Å². The largest absolute Gasteiger partial charge is 0.198 e. The van der Waals surface area contributed by atoms with Gasteiger partial charge in [-0.25, -0.2) is 0 Å². The van der Waals surface area contributed by atoms with Crippen LogP contribution in [0.4, 0.5) is 0 Å². The first kappa shape index (κ1) is 11.4. The lowest BCUT2D eigenvalue weighted by Crippen LogP contribution is -2.48. The third-order valence-electron chi connectivity index (χ3n) is 5.72. The predicted octanol–water partition coefficient (Wildman–Crippen LogP) is 3.30. The second-order valence-corrected chi connectivity index (χ2v) is 6.99. The summed E-state index contributed by atoms with van der Waals surface area (Å²) < 4.78 is 0. The van der Waals surface area contributed by atoms with Crippen LogP contribution in [-0.4, -0.2) is 10.2 Å². The summed E-state index contributed by atoms with van der Waals surface area (Å²) in [6.07, 6.45) is 9.67. The maximum Gasteiger partial charge on any atom is 0.0959 e. The Morgan fingerprint density at radius 1 is 1.16 bits per heavy atom. The number of aromatic nitrogens is 2. The van der Waals surface area contributed by atoms with Crippen molar-refractivity contribution in [1.29, 1.82) is 5.26 Å². The molecule has 98 valence electrons. The van der Waals surface area contributed by atoms with E-state index in [0.29, 0.717) is 0 Å². The van der Waals surface area contributed by atoms with Gasteiger partial charge in [-0.1, -0.05) is 0 Å². The Balaban J connectivity index is 1.72. The molecule has 0 N–H and O–H groups in total. The summed E-state index contributed by atoms with van der Waals surface area (Å²) in [5.74, 6) is 2.57. The molecule has 0 aromatic carbocycles. The van der Waals surface area contributed by atoms with Crippen LogP contribution in [0.1, 0.15) is 50.1 Å². The van der Waals surface area contributed by atoms with Crippen molar-refractivity contribution in [1.82, 2.24) is 10.2 Å². The summed E-state index contributed by atoms with van der Waals surface area (Å²) in [7, 11) is 0. The Bertz CT molecular complexity index is 481. The number of nitriles is 1. The monoisotopic (exact) mass is 253 g/mol. The van der Waals surface area contributed by atoms with Crippen LogP contribution in [0.5, 0.6) is 0 Å². The van der Waals surface area contributed by atoms with Crippen molar-refractivity contribution in [3.8, 4) is 6.07 Å². The van der Waals surface area contributed by atoms with E-state index in [4.69, 9.17) is 0 Å². The topological polar surface area (TPSA) is 49.6 Å². The maximum atomic E-state index is 9.72. The Morgan fingerprint density at radius 3 is 2.26 bits per heavy atom. The Kier molecular flexibility index (Phi) is 2.42. The Hall–Kier alpha value is -1.43. The van der Waals surface area contributed by atoms with E-state index < -0.39 is 0 Å². The standard InChI is InChI=1S/C16H19N3/c17-10-14(15-2-1-3-18-19-15)16-7-11-4-12(8-16)6-13(5-11)9-16/h1-3,11-14H,4-9H2. The molecule has 1 atom stereocenters. The average molecular weight is 253 g/mol. The first-order valence-corrected chi connectivity index (χ1v) is 7.46. The van der Waals surface area contributed by atoms with E-state index in [1.807, 2.05) is 12.1 Å². The van der Waals surface area contributed by atoms with Crippen LogP contribution in [0, 0.1) is 34.5 Å². The molecule has 5 rings (SSSR count). The van der Waals surface area contributed by atoms with Crippen molar-refractivity contribution in [2.24, 2.45) is 23.2 Å². The van der Waals surface area contributed by atoms with Crippen LogP contribution < -0.4 is 0 Å². The van der Waals surface area contributed by atoms with Gasteiger partial charge in [0.2, 0.25) is 0 Å². The summed E-state index contributed by atoms with van der Waals surface area (Å²) in [5.41, 5.74) is 1.10. The molecule has 1 unspecified atom stereocenters. The smallest absolute Gasteiger partial charge is 0.0959 e. The highest BCUT2D eigenvalue weighted by Crippen LogP contribution is 2.64. The fourth-order valence-corrected chi connectivity index (χ4v) is 5.52. The number of hydrogen-bond donors (Lipinski definition) is 0. The van der Waals surface area contributed by atoms with Crippen LogP contribution in [0.15, 0.2) is 18.3 Å². The highest BCUT2D eigenvalue weighted by Gasteiger charge is 2.55. The molecule has 4 bridgehead atoms. The van der Waals surface area contributed by atoms with Gasteiger partial charge in [0.15, 0.2) is 0 Å². The maximum absolute atomic E-state index is 9.72. The Morgan fingerprint density at radius 2 is 1.79 bits per heavy atom. The van der Waals surface area contributed by atoms with Gasteiger partial charge < -0.3 is 0 Å². The van der Waals surface area contributed by atoms with Gasteiger partial charge in [-0.05, 0) is 73.8 Å². The van der Waals surface area contributed by atoms with Gasteiger partial charge >= 0.3 is 0 Å². The SMILES string of the molecule is N#CC(c1cccnn1)C12CC3CC(CC(C3)C1)C2. The van der Waals surface area contributed by atoms with Crippen LogP contribution in [-0.2, 0) is 0 Å². The molecule has 0 spiro atoms. The molecule has 4 aliphatic rings. The van der Waals surface area contributed by atoms with Crippen molar-refractivity contribution in [2.75, 3.05) is 0 Å². The quantitative estimate of drug-likeness (QED) is 0.812. The van der Waals surface area contributed by atoms with Gasteiger partial charge in [0, 0.05) is 6.20 Å². The summed E-state index contributed by atoms with van der Waals surface area (Å²) >= 11 is 0. The van der Waals surface area contributed by atoms with Gasteiger partial charge in [0.05, 0.1) is 17.7 Å². The second-order valence-electron chi connectivity index (χ2n) is 6.99. The highest BCUT2D eigenvalue weighted by molar-refractivity contribution is 5.23. The lowest BCUT2D eigenvalue weighted by Gasteiger charge is -2.58. The first-order valence-electron chi connectivity index (χ1n) is 7.46. The molecule has 1 aromatic rings. The summed E-state index contributed by atoms with van der Waals surface area (Å²) in [4.78, 5) is 0. The van der Waals surface area contributed by atoms with Crippen LogP contribution in [0.2, 0.25) is 0 Å². The van der Waals surface area contributed by atoms with Crippen molar-refractivity contribution >= 4 is 0 Å². The van der Waals surface area contributed by atoms with Crippen molar-refractivity contribution in [3.05, 3.63) is 24.0 Å². The number of rotatable bonds is 2. The molecule has 1 heterocycles. The molecular weight excluding hydrogens is 234 g/mol. The summed E-state index contributed by atoms with van der Waals surface area (Å²) in [6, 6.07) is 6.47. The molecule has 0 radical (unpaired) electrons. The van der Waals surface area contributed by atoms with Crippen molar-refractivity contribution in [3.63, 3.8) is 0 Å². The third kappa shape index (κ3) is 1.69. The number of nitrogens with zero attached hydrogens (tertiary/aromatic N) is 3. The molecular formula is C16H19N3.